The highest BCUT2D eigenvalue weighted by atomic mass is 35.5. The highest BCUT2D eigenvalue weighted by molar-refractivity contribution is 7.16. The molecular formula is C18H13Cl3N4S. The van der Waals surface area contributed by atoms with E-state index >= 15 is 0 Å². The van der Waals surface area contributed by atoms with Crippen LogP contribution >= 0.6 is 46.1 Å². The second-order valence-electron chi connectivity index (χ2n) is 5.75. The van der Waals surface area contributed by atoms with Crippen molar-refractivity contribution in [2.75, 3.05) is 5.32 Å². The van der Waals surface area contributed by atoms with Gasteiger partial charge in [0.2, 0.25) is 0 Å². The van der Waals surface area contributed by atoms with Crippen LogP contribution < -0.4 is 5.32 Å². The van der Waals surface area contributed by atoms with Crippen molar-refractivity contribution in [1.29, 1.82) is 0 Å². The Labute approximate surface area is 169 Å². The van der Waals surface area contributed by atoms with Crippen LogP contribution in [-0.2, 0) is 13.0 Å². The van der Waals surface area contributed by atoms with Gasteiger partial charge in [0.25, 0.3) is 0 Å². The van der Waals surface area contributed by atoms with Gasteiger partial charge in [-0.05, 0) is 29.3 Å². The van der Waals surface area contributed by atoms with Crippen molar-refractivity contribution in [2.45, 2.75) is 13.0 Å². The summed E-state index contributed by atoms with van der Waals surface area (Å²) in [6.07, 6.45) is 4.23. The number of hydrogen-bond donors (Lipinski definition) is 2. The average molecular weight is 424 g/mol. The van der Waals surface area contributed by atoms with Crippen molar-refractivity contribution < 1.29 is 0 Å². The number of rotatable bonds is 5. The molecule has 0 unspecified atom stereocenters. The summed E-state index contributed by atoms with van der Waals surface area (Å²) in [4.78, 5) is 12.9. The Morgan fingerprint density at radius 3 is 2.69 bits per heavy atom. The Morgan fingerprint density at radius 1 is 1.08 bits per heavy atom. The van der Waals surface area contributed by atoms with Crippen molar-refractivity contribution in [3.05, 3.63) is 73.9 Å². The third-order valence-electron chi connectivity index (χ3n) is 3.94. The fourth-order valence-electron chi connectivity index (χ4n) is 2.65. The topological polar surface area (TPSA) is 53.6 Å². The number of hydrogen-bond acceptors (Lipinski definition) is 4. The van der Waals surface area contributed by atoms with Crippen LogP contribution in [0.4, 0.5) is 5.13 Å². The molecular weight excluding hydrogens is 411 g/mol. The number of pyridine rings is 1. The van der Waals surface area contributed by atoms with E-state index in [0.717, 1.165) is 37.2 Å². The van der Waals surface area contributed by atoms with E-state index in [2.05, 4.69) is 20.3 Å². The zero-order valence-electron chi connectivity index (χ0n) is 13.4. The van der Waals surface area contributed by atoms with Crippen LogP contribution in [0.3, 0.4) is 0 Å². The molecule has 3 aromatic heterocycles. The fourth-order valence-corrected chi connectivity index (χ4v) is 4.12. The second kappa shape index (κ2) is 7.45. The zero-order chi connectivity index (χ0) is 18.1. The summed E-state index contributed by atoms with van der Waals surface area (Å²) >= 11 is 19.9. The molecule has 0 aliphatic rings. The summed E-state index contributed by atoms with van der Waals surface area (Å²) in [5.74, 6) is 0. The van der Waals surface area contributed by atoms with Crippen LogP contribution in [0.15, 0.2) is 42.7 Å². The zero-order valence-corrected chi connectivity index (χ0v) is 16.5. The molecule has 1 aromatic carbocycles. The quantitative estimate of drug-likeness (QED) is 0.403. The van der Waals surface area contributed by atoms with Gasteiger partial charge in [-0.2, -0.15) is 0 Å². The first kappa shape index (κ1) is 17.6. The normalized spacial score (nSPS) is 11.2. The van der Waals surface area contributed by atoms with Crippen molar-refractivity contribution in [3.63, 3.8) is 0 Å². The molecule has 0 saturated carbocycles. The molecule has 0 amide bonds. The first-order valence-corrected chi connectivity index (χ1v) is 9.78. The molecule has 26 heavy (non-hydrogen) atoms. The molecule has 0 saturated heterocycles. The Balaban J connectivity index is 1.50. The standard InChI is InChI=1S/C18H13Cl3N4S/c19-12-3-1-10(2-4-12)7-24-18-25-16(21)15(26-18)5-11-8-22-17-14(11)6-13(20)9-23-17/h1-4,6,8-9H,5,7H2,(H,22,23)(H,24,25). The van der Waals surface area contributed by atoms with Gasteiger partial charge in [0, 0.05) is 35.8 Å². The molecule has 0 aliphatic carbocycles. The van der Waals surface area contributed by atoms with Gasteiger partial charge in [0.1, 0.15) is 10.8 Å². The Hall–Kier alpha value is -1.79. The number of H-pyrrole nitrogens is 1. The number of thiazole rings is 1. The third kappa shape index (κ3) is 3.81. The highest BCUT2D eigenvalue weighted by Crippen LogP contribution is 2.31. The molecule has 4 aromatic rings. The average Bonchev–Trinajstić information content (AvgIpc) is 3.18. The molecule has 4 nitrogen and oxygen atoms in total. The summed E-state index contributed by atoms with van der Waals surface area (Å²) in [7, 11) is 0. The van der Waals surface area contributed by atoms with Crippen LogP contribution in [0.1, 0.15) is 16.0 Å². The maximum Gasteiger partial charge on any atom is 0.184 e. The monoisotopic (exact) mass is 422 g/mol. The van der Waals surface area contributed by atoms with Crippen molar-refractivity contribution in [2.24, 2.45) is 0 Å². The molecule has 8 heteroatoms. The van der Waals surface area contributed by atoms with E-state index in [1.807, 2.05) is 36.5 Å². The van der Waals surface area contributed by atoms with Gasteiger partial charge in [0.15, 0.2) is 5.13 Å². The van der Waals surface area contributed by atoms with E-state index in [1.54, 1.807) is 17.5 Å². The lowest BCUT2D eigenvalue weighted by atomic mass is 10.1. The summed E-state index contributed by atoms with van der Waals surface area (Å²) < 4.78 is 0. The minimum atomic E-state index is 0.512. The lowest BCUT2D eigenvalue weighted by molar-refractivity contribution is 1.13. The number of anilines is 1. The predicted octanol–water partition coefficient (Wildman–Crippen LogP) is 6.18. The Kier molecular flexibility index (Phi) is 5.05. The Morgan fingerprint density at radius 2 is 1.88 bits per heavy atom. The molecule has 132 valence electrons. The minimum absolute atomic E-state index is 0.512. The summed E-state index contributed by atoms with van der Waals surface area (Å²) in [5.41, 5.74) is 3.02. The predicted molar refractivity (Wildman–Crippen MR) is 110 cm³/mol. The van der Waals surface area contributed by atoms with Crippen LogP contribution in [-0.4, -0.2) is 15.0 Å². The third-order valence-corrected chi connectivity index (χ3v) is 5.84. The molecule has 0 bridgehead atoms. The largest absolute Gasteiger partial charge is 0.357 e. The first-order chi connectivity index (χ1) is 12.6. The van der Waals surface area contributed by atoms with Crippen LogP contribution in [0.25, 0.3) is 11.0 Å². The van der Waals surface area contributed by atoms with E-state index < -0.39 is 0 Å². The van der Waals surface area contributed by atoms with Gasteiger partial charge < -0.3 is 10.3 Å². The highest BCUT2D eigenvalue weighted by Gasteiger charge is 2.13. The molecule has 0 fully saturated rings. The first-order valence-electron chi connectivity index (χ1n) is 7.83. The maximum atomic E-state index is 6.34. The number of fused-ring (bicyclic) bond motifs is 1. The number of halogens is 3. The molecule has 4 rings (SSSR count). The van der Waals surface area contributed by atoms with E-state index in [-0.39, 0.29) is 0 Å². The number of nitrogens with one attached hydrogen (secondary N) is 2. The van der Waals surface area contributed by atoms with Crippen molar-refractivity contribution >= 4 is 62.3 Å². The van der Waals surface area contributed by atoms with Crippen molar-refractivity contribution in [1.82, 2.24) is 15.0 Å². The minimum Gasteiger partial charge on any atom is -0.357 e. The number of aromatic amines is 1. The number of aromatic nitrogens is 3. The molecule has 2 N–H and O–H groups in total. The van der Waals surface area contributed by atoms with Crippen LogP contribution in [0.2, 0.25) is 15.2 Å². The van der Waals surface area contributed by atoms with Gasteiger partial charge in [-0.3, -0.25) is 0 Å². The van der Waals surface area contributed by atoms with E-state index in [1.165, 1.54) is 0 Å². The number of benzene rings is 1. The molecule has 0 aliphatic heterocycles. The lowest BCUT2D eigenvalue weighted by Gasteiger charge is -2.02. The Bertz CT molecular complexity index is 1060. The summed E-state index contributed by atoms with van der Waals surface area (Å²) in [6.45, 7) is 0.660. The van der Waals surface area contributed by atoms with E-state index in [9.17, 15) is 0 Å². The van der Waals surface area contributed by atoms with Gasteiger partial charge in [-0.1, -0.05) is 46.9 Å². The van der Waals surface area contributed by atoms with Crippen LogP contribution in [0.5, 0.6) is 0 Å². The SMILES string of the molecule is Clc1ccc(CNc2nc(Cl)c(Cc3c[nH]c4ncc(Cl)cc34)s2)cc1. The summed E-state index contributed by atoms with van der Waals surface area (Å²) in [5, 5.41) is 6.94. The maximum absolute atomic E-state index is 6.34. The molecule has 3 heterocycles. The van der Waals surface area contributed by atoms with Gasteiger partial charge in [-0.25, -0.2) is 9.97 Å². The van der Waals surface area contributed by atoms with E-state index in [0.29, 0.717) is 23.1 Å². The van der Waals surface area contributed by atoms with Gasteiger partial charge in [0.05, 0.1) is 9.90 Å². The smallest absolute Gasteiger partial charge is 0.184 e. The van der Waals surface area contributed by atoms with Crippen molar-refractivity contribution in [3.8, 4) is 0 Å². The fraction of sp³-hybridized carbons (Fsp3) is 0.111. The molecule has 0 atom stereocenters. The van der Waals surface area contributed by atoms with Crippen LogP contribution in [0, 0.1) is 0 Å². The lowest BCUT2D eigenvalue weighted by Crippen LogP contribution is -1.98. The van der Waals surface area contributed by atoms with Gasteiger partial charge in [-0.15, -0.1) is 11.3 Å². The van der Waals surface area contributed by atoms with Gasteiger partial charge >= 0.3 is 0 Å². The molecule has 0 spiro atoms. The number of nitrogens with zero attached hydrogens (tertiary/aromatic N) is 2. The second-order valence-corrected chi connectivity index (χ2v) is 8.07. The molecule has 0 radical (unpaired) electrons. The summed E-state index contributed by atoms with van der Waals surface area (Å²) in [6, 6.07) is 9.61. The van der Waals surface area contributed by atoms with E-state index in [4.69, 9.17) is 34.8 Å².